The fraction of sp³-hybridized carbons (Fsp3) is 0.435. The molecular formula is C23H25F6N5O2. The quantitative estimate of drug-likeness (QED) is 0.385. The number of urea groups is 1. The van der Waals surface area contributed by atoms with Crippen molar-refractivity contribution in [1.82, 2.24) is 24.8 Å². The van der Waals surface area contributed by atoms with E-state index in [4.69, 9.17) is 4.74 Å². The van der Waals surface area contributed by atoms with Gasteiger partial charge < -0.3 is 15.0 Å². The Morgan fingerprint density at radius 1 is 1.17 bits per heavy atom. The van der Waals surface area contributed by atoms with Crippen molar-refractivity contribution in [2.75, 3.05) is 13.7 Å². The number of pyridine rings is 1. The Morgan fingerprint density at radius 2 is 1.89 bits per heavy atom. The maximum atomic E-state index is 13.3. The number of carbonyl (C=O) groups excluding carboxylic acids is 1. The summed E-state index contributed by atoms with van der Waals surface area (Å²) in [6.07, 6.45) is -9.66. The van der Waals surface area contributed by atoms with Crippen molar-refractivity contribution in [3.63, 3.8) is 0 Å². The SMILES string of the molecule is CCN(C(=O)NC(CCC(F)(F)F)C(F)(F)F)[C@H](C)c1cccc(-c2cc(OC)c3ncnn3c2)c1. The first kappa shape index (κ1) is 27.1. The van der Waals surface area contributed by atoms with Gasteiger partial charge in [0.1, 0.15) is 12.4 Å². The molecule has 3 aromatic rings. The molecule has 2 aromatic heterocycles. The number of nitrogens with one attached hydrogen (secondary N) is 1. The molecule has 196 valence electrons. The number of methoxy groups -OCH3 is 1. The van der Waals surface area contributed by atoms with Gasteiger partial charge >= 0.3 is 18.4 Å². The van der Waals surface area contributed by atoms with Crippen LogP contribution in [0.1, 0.15) is 38.3 Å². The summed E-state index contributed by atoms with van der Waals surface area (Å²) in [5.74, 6) is 0.482. The molecule has 0 saturated heterocycles. The number of nitrogens with zero attached hydrogens (tertiary/aromatic N) is 4. The summed E-state index contributed by atoms with van der Waals surface area (Å²) < 4.78 is 84.4. The minimum atomic E-state index is -5.03. The van der Waals surface area contributed by atoms with Crippen molar-refractivity contribution in [3.8, 4) is 16.9 Å². The Morgan fingerprint density at radius 3 is 2.50 bits per heavy atom. The maximum Gasteiger partial charge on any atom is 0.408 e. The van der Waals surface area contributed by atoms with Crippen LogP contribution in [0.25, 0.3) is 16.8 Å². The monoisotopic (exact) mass is 517 g/mol. The van der Waals surface area contributed by atoms with Crippen molar-refractivity contribution in [3.05, 3.63) is 48.4 Å². The smallest absolute Gasteiger partial charge is 0.408 e. The number of ether oxygens (including phenoxy) is 1. The molecule has 0 aliphatic carbocycles. The first-order valence-corrected chi connectivity index (χ1v) is 11.0. The van der Waals surface area contributed by atoms with Crippen molar-refractivity contribution in [2.24, 2.45) is 0 Å². The zero-order chi connectivity index (χ0) is 26.7. The Hall–Kier alpha value is -3.51. The number of benzene rings is 1. The third-order valence-corrected chi connectivity index (χ3v) is 5.74. The number of rotatable bonds is 8. The topological polar surface area (TPSA) is 71.8 Å². The van der Waals surface area contributed by atoms with Gasteiger partial charge in [-0.1, -0.05) is 18.2 Å². The molecule has 2 amide bonds. The highest BCUT2D eigenvalue weighted by Crippen LogP contribution is 2.31. The molecule has 2 atom stereocenters. The van der Waals surface area contributed by atoms with Crippen LogP contribution < -0.4 is 10.1 Å². The highest BCUT2D eigenvalue weighted by molar-refractivity contribution is 5.75. The second-order valence-electron chi connectivity index (χ2n) is 8.11. The lowest BCUT2D eigenvalue weighted by atomic mass is 10.00. The van der Waals surface area contributed by atoms with E-state index < -0.39 is 43.3 Å². The number of hydrogen-bond acceptors (Lipinski definition) is 4. The number of alkyl halides is 6. The van der Waals surface area contributed by atoms with Gasteiger partial charge in [0.2, 0.25) is 0 Å². The molecule has 0 aliphatic heterocycles. The zero-order valence-corrected chi connectivity index (χ0v) is 19.7. The van der Waals surface area contributed by atoms with Gasteiger partial charge in [0.25, 0.3) is 0 Å². The normalized spacial score (nSPS) is 13.9. The standard InChI is InChI=1S/C23H25F6N5O2/c1-4-33(21(35)32-19(23(27,28)29)8-9-22(24,25)26)14(2)15-6-5-7-16(10-15)17-11-18(36-3)20-30-13-31-34(20)12-17/h5-7,10-14,19H,4,8-9H2,1-3H3,(H,32,35)/t14-,19?/m1/s1. The summed E-state index contributed by atoms with van der Waals surface area (Å²) in [5.41, 5.74) is 2.57. The molecule has 0 aliphatic rings. The average molecular weight is 517 g/mol. The van der Waals surface area contributed by atoms with Crippen LogP contribution in [0.2, 0.25) is 0 Å². The van der Waals surface area contributed by atoms with Gasteiger partial charge in [-0.25, -0.2) is 14.3 Å². The van der Waals surface area contributed by atoms with E-state index in [9.17, 15) is 31.1 Å². The molecule has 2 heterocycles. The number of carbonyl (C=O) groups is 1. The van der Waals surface area contributed by atoms with Crippen LogP contribution >= 0.6 is 0 Å². The number of fused-ring (bicyclic) bond motifs is 1. The molecule has 1 unspecified atom stereocenters. The van der Waals surface area contributed by atoms with Crippen LogP contribution in [0.5, 0.6) is 5.75 Å². The summed E-state index contributed by atoms with van der Waals surface area (Å²) in [5, 5.41) is 5.85. The summed E-state index contributed by atoms with van der Waals surface area (Å²) in [4.78, 5) is 18.0. The second kappa shape index (κ2) is 10.6. The summed E-state index contributed by atoms with van der Waals surface area (Å²) in [6.45, 7) is 3.23. The Kier molecular flexibility index (Phi) is 7.99. The Bertz CT molecular complexity index is 1190. The second-order valence-corrected chi connectivity index (χ2v) is 8.11. The van der Waals surface area contributed by atoms with Gasteiger partial charge in [0.05, 0.1) is 13.2 Å². The van der Waals surface area contributed by atoms with E-state index in [1.54, 1.807) is 55.7 Å². The molecule has 0 radical (unpaired) electrons. The Balaban J connectivity index is 1.84. The largest absolute Gasteiger partial charge is 0.493 e. The number of hydrogen-bond donors (Lipinski definition) is 1. The lowest BCUT2D eigenvalue weighted by Crippen LogP contribution is -2.51. The first-order valence-electron chi connectivity index (χ1n) is 11.0. The van der Waals surface area contributed by atoms with E-state index in [0.29, 0.717) is 17.0 Å². The Labute approximate surface area is 203 Å². The fourth-order valence-corrected chi connectivity index (χ4v) is 3.81. The van der Waals surface area contributed by atoms with Crippen LogP contribution in [0.4, 0.5) is 31.1 Å². The van der Waals surface area contributed by atoms with E-state index in [1.165, 1.54) is 18.0 Å². The minimum Gasteiger partial charge on any atom is -0.493 e. The van der Waals surface area contributed by atoms with Crippen LogP contribution in [0.3, 0.4) is 0 Å². The minimum absolute atomic E-state index is 0.0276. The van der Waals surface area contributed by atoms with Gasteiger partial charge in [-0.05, 0) is 43.5 Å². The molecule has 1 aromatic carbocycles. The molecule has 0 fully saturated rings. The molecule has 0 saturated carbocycles. The third-order valence-electron chi connectivity index (χ3n) is 5.74. The van der Waals surface area contributed by atoms with Crippen LogP contribution in [-0.2, 0) is 0 Å². The molecular weight excluding hydrogens is 492 g/mol. The third kappa shape index (κ3) is 6.38. The molecule has 0 bridgehead atoms. The maximum absolute atomic E-state index is 13.3. The van der Waals surface area contributed by atoms with E-state index in [2.05, 4.69) is 10.1 Å². The van der Waals surface area contributed by atoms with Gasteiger partial charge in [0.15, 0.2) is 11.4 Å². The van der Waals surface area contributed by atoms with Crippen LogP contribution in [0.15, 0.2) is 42.9 Å². The lowest BCUT2D eigenvalue weighted by molar-refractivity contribution is -0.171. The van der Waals surface area contributed by atoms with Gasteiger partial charge in [0, 0.05) is 24.7 Å². The van der Waals surface area contributed by atoms with Crippen molar-refractivity contribution in [2.45, 2.75) is 51.1 Å². The summed E-state index contributed by atoms with van der Waals surface area (Å²) in [7, 11) is 1.49. The predicted molar refractivity (Wildman–Crippen MR) is 119 cm³/mol. The van der Waals surface area contributed by atoms with Crippen molar-refractivity contribution < 1.29 is 35.9 Å². The van der Waals surface area contributed by atoms with E-state index >= 15 is 0 Å². The van der Waals surface area contributed by atoms with Crippen LogP contribution in [0, 0.1) is 0 Å². The predicted octanol–water partition coefficient (Wildman–Crippen LogP) is 5.77. The molecule has 13 heteroatoms. The summed E-state index contributed by atoms with van der Waals surface area (Å²) in [6, 6.07) is 4.36. The molecule has 1 N–H and O–H groups in total. The molecule has 0 spiro atoms. The first-order chi connectivity index (χ1) is 16.8. The van der Waals surface area contributed by atoms with Crippen molar-refractivity contribution in [1.29, 1.82) is 0 Å². The molecule has 36 heavy (non-hydrogen) atoms. The lowest BCUT2D eigenvalue weighted by Gasteiger charge is -2.31. The van der Waals surface area contributed by atoms with Gasteiger partial charge in [-0.2, -0.15) is 31.4 Å². The van der Waals surface area contributed by atoms with E-state index in [-0.39, 0.29) is 6.54 Å². The number of halogens is 6. The van der Waals surface area contributed by atoms with E-state index in [0.717, 1.165) is 16.0 Å². The van der Waals surface area contributed by atoms with Gasteiger partial charge in [-0.3, -0.25) is 0 Å². The number of aromatic nitrogens is 3. The molecule has 7 nitrogen and oxygen atoms in total. The van der Waals surface area contributed by atoms with Gasteiger partial charge in [-0.15, -0.1) is 0 Å². The average Bonchev–Trinajstić information content (AvgIpc) is 3.29. The number of amides is 2. The van der Waals surface area contributed by atoms with E-state index in [1.807, 2.05) is 0 Å². The zero-order valence-electron chi connectivity index (χ0n) is 19.7. The fourth-order valence-electron chi connectivity index (χ4n) is 3.81. The highest BCUT2D eigenvalue weighted by Gasteiger charge is 2.43. The molecule has 3 rings (SSSR count). The highest BCUT2D eigenvalue weighted by atomic mass is 19.4. The summed E-state index contributed by atoms with van der Waals surface area (Å²) >= 11 is 0. The van der Waals surface area contributed by atoms with Crippen LogP contribution in [-0.4, -0.2) is 57.6 Å². The van der Waals surface area contributed by atoms with Crippen molar-refractivity contribution >= 4 is 11.7 Å².